The lowest BCUT2D eigenvalue weighted by atomic mass is 9.99. The molecule has 1 atom stereocenters. The summed E-state index contributed by atoms with van der Waals surface area (Å²) >= 11 is 0. The van der Waals surface area contributed by atoms with Gasteiger partial charge >= 0.3 is 18.2 Å². The molecule has 5 nitrogen and oxygen atoms in total. The van der Waals surface area contributed by atoms with Crippen LogP contribution in [0.5, 0.6) is 0 Å². The van der Waals surface area contributed by atoms with E-state index < -0.39 is 30.6 Å². The molecule has 1 rings (SSSR count). The van der Waals surface area contributed by atoms with Gasteiger partial charge in [0.25, 0.3) is 0 Å². The van der Waals surface area contributed by atoms with Crippen molar-refractivity contribution in [3.8, 4) is 0 Å². The molecule has 0 unspecified atom stereocenters. The Morgan fingerprint density at radius 3 is 2.59 bits per heavy atom. The van der Waals surface area contributed by atoms with Crippen LogP contribution in [0.1, 0.15) is 12.8 Å². The van der Waals surface area contributed by atoms with Gasteiger partial charge in [-0.1, -0.05) is 0 Å². The van der Waals surface area contributed by atoms with Crippen LogP contribution in [-0.2, 0) is 4.79 Å². The number of carbonyl (C=O) groups is 2. The maximum absolute atomic E-state index is 11.9. The molecular weight excluding hydrogens is 241 g/mol. The van der Waals surface area contributed by atoms with Crippen LogP contribution >= 0.6 is 0 Å². The van der Waals surface area contributed by atoms with Gasteiger partial charge in [0.2, 0.25) is 0 Å². The molecule has 1 fully saturated rings. The van der Waals surface area contributed by atoms with Crippen molar-refractivity contribution in [2.24, 2.45) is 5.92 Å². The van der Waals surface area contributed by atoms with E-state index >= 15 is 0 Å². The Bertz CT molecular complexity index is 306. The Labute approximate surface area is 95.6 Å². The van der Waals surface area contributed by atoms with Gasteiger partial charge in [0.15, 0.2) is 0 Å². The molecule has 0 aromatic heterocycles. The summed E-state index contributed by atoms with van der Waals surface area (Å²) in [4.78, 5) is 23.1. The fourth-order valence-electron chi connectivity index (χ4n) is 1.65. The number of halogens is 3. The highest BCUT2D eigenvalue weighted by atomic mass is 19.4. The molecule has 1 heterocycles. The topological polar surface area (TPSA) is 69.6 Å². The summed E-state index contributed by atoms with van der Waals surface area (Å²) in [7, 11) is 0. The molecule has 2 amide bonds. The van der Waals surface area contributed by atoms with Gasteiger partial charge in [-0.3, -0.25) is 4.79 Å². The number of amides is 2. The zero-order valence-corrected chi connectivity index (χ0v) is 8.96. The average Bonchev–Trinajstić information content (AvgIpc) is 2.25. The Balaban J connectivity index is 2.44. The highest BCUT2D eigenvalue weighted by Gasteiger charge is 2.31. The first-order chi connectivity index (χ1) is 7.79. The molecule has 0 aliphatic carbocycles. The number of alkyl halides is 3. The van der Waals surface area contributed by atoms with Crippen molar-refractivity contribution < 1.29 is 27.9 Å². The number of piperidine rings is 1. The first-order valence-electron chi connectivity index (χ1n) is 5.12. The number of likely N-dealkylation sites (tertiary alicyclic amines) is 1. The van der Waals surface area contributed by atoms with Crippen LogP contribution in [0.3, 0.4) is 0 Å². The van der Waals surface area contributed by atoms with Crippen LogP contribution in [0.2, 0.25) is 0 Å². The highest BCUT2D eigenvalue weighted by molar-refractivity contribution is 5.76. The van der Waals surface area contributed by atoms with Crippen LogP contribution in [0.25, 0.3) is 0 Å². The molecule has 0 bridgehead atoms. The predicted molar refractivity (Wildman–Crippen MR) is 51.4 cm³/mol. The van der Waals surface area contributed by atoms with Gasteiger partial charge in [-0.05, 0) is 12.8 Å². The summed E-state index contributed by atoms with van der Waals surface area (Å²) in [5, 5.41) is 10.5. The zero-order valence-electron chi connectivity index (χ0n) is 8.96. The lowest BCUT2D eigenvalue weighted by Crippen LogP contribution is -2.48. The molecule has 1 aliphatic heterocycles. The monoisotopic (exact) mass is 254 g/mol. The van der Waals surface area contributed by atoms with E-state index in [0.29, 0.717) is 12.8 Å². The third-order valence-corrected chi connectivity index (χ3v) is 2.50. The Morgan fingerprint density at radius 1 is 1.41 bits per heavy atom. The minimum absolute atomic E-state index is 0.0426. The maximum Gasteiger partial charge on any atom is 0.405 e. The number of nitrogens with zero attached hydrogens (tertiary/aromatic N) is 1. The molecule has 0 spiro atoms. The molecule has 0 aromatic carbocycles. The van der Waals surface area contributed by atoms with E-state index in [4.69, 9.17) is 5.11 Å². The van der Waals surface area contributed by atoms with E-state index in [1.807, 2.05) is 0 Å². The highest BCUT2D eigenvalue weighted by Crippen LogP contribution is 2.17. The van der Waals surface area contributed by atoms with E-state index in [2.05, 4.69) is 0 Å². The summed E-state index contributed by atoms with van der Waals surface area (Å²) in [6.45, 7) is -1.16. The summed E-state index contributed by atoms with van der Waals surface area (Å²) in [6.07, 6.45) is -3.54. The smallest absolute Gasteiger partial charge is 0.405 e. The van der Waals surface area contributed by atoms with Crippen LogP contribution in [0.4, 0.5) is 18.0 Å². The fourth-order valence-corrected chi connectivity index (χ4v) is 1.65. The fraction of sp³-hybridized carbons (Fsp3) is 0.778. The number of carboxylic acids is 1. The van der Waals surface area contributed by atoms with Gasteiger partial charge in [-0.25, -0.2) is 4.79 Å². The van der Waals surface area contributed by atoms with Crippen molar-refractivity contribution in [3.63, 3.8) is 0 Å². The van der Waals surface area contributed by atoms with Crippen molar-refractivity contribution >= 4 is 12.0 Å². The van der Waals surface area contributed by atoms with Crippen molar-refractivity contribution in [2.45, 2.75) is 19.0 Å². The SMILES string of the molecule is O=C(O)[C@@H]1CCCN(C(=O)NCC(F)(F)F)C1. The molecule has 1 aliphatic rings. The number of carboxylic acid groups (broad SMARTS) is 1. The molecule has 2 N–H and O–H groups in total. The lowest BCUT2D eigenvalue weighted by Gasteiger charge is -2.30. The van der Waals surface area contributed by atoms with Crippen molar-refractivity contribution in [1.29, 1.82) is 0 Å². The average molecular weight is 254 g/mol. The first kappa shape index (κ1) is 13.6. The number of aliphatic carboxylic acids is 1. The standard InChI is InChI=1S/C9H13F3N2O3/c10-9(11,12)5-13-8(17)14-3-1-2-6(4-14)7(15)16/h6H,1-5H2,(H,13,17)(H,15,16)/t6-/m1/s1. The van der Waals surface area contributed by atoms with E-state index in [9.17, 15) is 22.8 Å². The van der Waals surface area contributed by atoms with Crippen molar-refractivity contribution in [1.82, 2.24) is 10.2 Å². The van der Waals surface area contributed by atoms with E-state index in [-0.39, 0.29) is 13.1 Å². The normalized spacial score (nSPS) is 21.1. The van der Waals surface area contributed by atoms with Crippen molar-refractivity contribution in [3.05, 3.63) is 0 Å². The minimum Gasteiger partial charge on any atom is -0.481 e. The summed E-state index contributed by atoms with van der Waals surface area (Å²) in [5.74, 6) is -1.72. The Hall–Kier alpha value is -1.47. The van der Waals surface area contributed by atoms with Gasteiger partial charge < -0.3 is 15.3 Å². The van der Waals surface area contributed by atoms with Gasteiger partial charge in [0, 0.05) is 13.1 Å². The van der Waals surface area contributed by atoms with Gasteiger partial charge in [0.05, 0.1) is 5.92 Å². The van der Waals surface area contributed by atoms with Gasteiger partial charge in [0.1, 0.15) is 6.54 Å². The molecule has 17 heavy (non-hydrogen) atoms. The number of urea groups is 1. The summed E-state index contributed by atoms with van der Waals surface area (Å²) in [5.41, 5.74) is 0. The second-order valence-electron chi connectivity index (χ2n) is 3.90. The summed E-state index contributed by atoms with van der Waals surface area (Å²) < 4.78 is 35.6. The van der Waals surface area contributed by atoms with E-state index in [1.165, 1.54) is 0 Å². The van der Waals surface area contributed by atoms with Crippen molar-refractivity contribution in [2.75, 3.05) is 19.6 Å². The number of hydrogen-bond donors (Lipinski definition) is 2. The zero-order chi connectivity index (χ0) is 13.1. The van der Waals surface area contributed by atoms with Gasteiger partial charge in [-0.2, -0.15) is 13.2 Å². The van der Waals surface area contributed by atoms with Crippen LogP contribution in [0.15, 0.2) is 0 Å². The quantitative estimate of drug-likeness (QED) is 0.774. The number of rotatable bonds is 2. The molecule has 1 saturated heterocycles. The molecule has 0 radical (unpaired) electrons. The molecule has 98 valence electrons. The summed E-state index contributed by atoms with van der Waals surface area (Å²) in [6, 6.07) is -0.867. The van der Waals surface area contributed by atoms with Crippen LogP contribution in [-0.4, -0.2) is 47.8 Å². The van der Waals surface area contributed by atoms with Crippen LogP contribution in [0, 0.1) is 5.92 Å². The largest absolute Gasteiger partial charge is 0.481 e. The number of hydrogen-bond acceptors (Lipinski definition) is 2. The van der Waals surface area contributed by atoms with Gasteiger partial charge in [-0.15, -0.1) is 0 Å². The van der Waals surface area contributed by atoms with E-state index in [1.54, 1.807) is 5.32 Å². The lowest BCUT2D eigenvalue weighted by molar-refractivity contribution is -0.143. The third-order valence-electron chi connectivity index (χ3n) is 2.50. The Kier molecular flexibility index (Phi) is 4.19. The first-order valence-corrected chi connectivity index (χ1v) is 5.12. The predicted octanol–water partition coefficient (Wildman–Crippen LogP) is 1.05. The second kappa shape index (κ2) is 5.24. The third kappa shape index (κ3) is 4.49. The van der Waals surface area contributed by atoms with E-state index in [0.717, 1.165) is 4.90 Å². The molecular formula is C9H13F3N2O3. The minimum atomic E-state index is -4.46. The molecule has 0 aromatic rings. The number of carbonyl (C=O) groups excluding carboxylic acids is 1. The van der Waals surface area contributed by atoms with Crippen LogP contribution < -0.4 is 5.32 Å². The Morgan fingerprint density at radius 2 is 2.06 bits per heavy atom. The maximum atomic E-state index is 11.9. The number of nitrogens with one attached hydrogen (secondary N) is 1. The second-order valence-corrected chi connectivity index (χ2v) is 3.90. The molecule has 0 saturated carbocycles. The molecule has 8 heteroatoms.